The lowest BCUT2D eigenvalue weighted by Crippen LogP contribution is -2.03. The molecule has 0 aliphatic carbocycles. The summed E-state index contributed by atoms with van der Waals surface area (Å²) in [6.45, 7) is 0. The van der Waals surface area contributed by atoms with Gasteiger partial charge in [0.05, 0.1) is 28.6 Å². The van der Waals surface area contributed by atoms with Crippen LogP contribution in [0.15, 0.2) is 188 Å². The first kappa shape index (κ1) is 31.2. The van der Waals surface area contributed by atoms with E-state index in [2.05, 4.69) is 168 Å². The van der Waals surface area contributed by atoms with E-state index < -0.39 is 0 Å². The molecule has 9 aromatic carbocycles. The summed E-state index contributed by atoms with van der Waals surface area (Å²) in [5.41, 5.74) is 8.63. The lowest BCUT2D eigenvalue weighted by molar-refractivity contribution is 1.09. The van der Waals surface area contributed by atoms with Gasteiger partial charge in [-0.3, -0.25) is 0 Å². The highest BCUT2D eigenvalue weighted by molar-refractivity contribution is 7.27. The summed E-state index contributed by atoms with van der Waals surface area (Å²) < 4.78 is 5.03. The molecule has 260 valence electrons. The van der Waals surface area contributed by atoms with Crippen LogP contribution in [0.25, 0.3) is 114 Å². The molecule has 0 fully saturated rings. The summed E-state index contributed by atoms with van der Waals surface area (Å²) in [4.78, 5) is 10.5. The van der Waals surface area contributed by atoms with Crippen molar-refractivity contribution in [2.45, 2.75) is 0 Å². The predicted molar refractivity (Wildman–Crippen MR) is 238 cm³/mol. The predicted octanol–water partition coefficient (Wildman–Crippen LogP) is 14.4. The quantitative estimate of drug-likeness (QED) is 0.169. The van der Waals surface area contributed by atoms with Crippen LogP contribution in [0.2, 0.25) is 0 Å². The fraction of sp³-hybridized carbons (Fsp3) is 0. The molecule has 12 rings (SSSR count). The van der Waals surface area contributed by atoms with Gasteiger partial charge in [-0.15, -0.1) is 11.3 Å². The van der Waals surface area contributed by atoms with Crippen LogP contribution in [0, 0.1) is 0 Å². The molecule has 0 saturated heterocycles. The molecule has 0 aliphatic heterocycles. The van der Waals surface area contributed by atoms with E-state index in [0.29, 0.717) is 5.82 Å². The SMILES string of the molecule is c1ccc(-c2ncc(-n3c4ccccc4c4cc(-c5ccc6ccccc6c5)c5sc6c7ccccc7c7ccccc7c6c5c43)c(-c3ccccc3)n2)cc1. The van der Waals surface area contributed by atoms with E-state index in [0.717, 1.165) is 28.0 Å². The summed E-state index contributed by atoms with van der Waals surface area (Å²) in [6.07, 6.45) is 2.04. The van der Waals surface area contributed by atoms with Gasteiger partial charge >= 0.3 is 0 Å². The van der Waals surface area contributed by atoms with E-state index in [4.69, 9.17) is 9.97 Å². The van der Waals surface area contributed by atoms with Crippen molar-refractivity contribution in [1.82, 2.24) is 14.5 Å². The molecule has 4 heteroatoms. The minimum atomic E-state index is 0.705. The molecule has 0 amide bonds. The molecule has 12 aromatic rings. The molecule has 0 atom stereocenters. The summed E-state index contributed by atoms with van der Waals surface area (Å²) in [5.74, 6) is 0.705. The molecule has 3 aromatic heterocycles. The number of thiophene rings is 1. The Hall–Kier alpha value is -7.14. The Morgan fingerprint density at radius 2 is 1.05 bits per heavy atom. The van der Waals surface area contributed by atoms with Gasteiger partial charge in [0.1, 0.15) is 0 Å². The molecule has 0 unspecified atom stereocenters. The maximum atomic E-state index is 5.37. The van der Waals surface area contributed by atoms with Gasteiger partial charge in [0.15, 0.2) is 5.82 Å². The van der Waals surface area contributed by atoms with Crippen LogP contribution in [-0.2, 0) is 0 Å². The van der Waals surface area contributed by atoms with Crippen LogP contribution in [-0.4, -0.2) is 14.5 Å². The van der Waals surface area contributed by atoms with Crippen molar-refractivity contribution in [2.24, 2.45) is 0 Å². The van der Waals surface area contributed by atoms with E-state index in [1.807, 2.05) is 35.7 Å². The average molecular weight is 730 g/mol. The first-order chi connectivity index (χ1) is 27.8. The summed E-state index contributed by atoms with van der Waals surface area (Å²) in [6, 6.07) is 65.5. The maximum absolute atomic E-state index is 5.37. The third-order valence-corrected chi connectivity index (χ3v) is 12.7. The molecule has 3 nitrogen and oxygen atoms in total. The van der Waals surface area contributed by atoms with Crippen molar-refractivity contribution in [2.75, 3.05) is 0 Å². The van der Waals surface area contributed by atoms with E-state index >= 15 is 0 Å². The van der Waals surface area contributed by atoms with Gasteiger partial charge in [0, 0.05) is 53.0 Å². The minimum Gasteiger partial charge on any atom is -0.305 e. The third-order valence-electron chi connectivity index (χ3n) is 11.4. The third kappa shape index (κ3) is 4.57. The summed E-state index contributed by atoms with van der Waals surface area (Å²) in [7, 11) is 0. The van der Waals surface area contributed by atoms with E-state index in [-0.39, 0.29) is 0 Å². The van der Waals surface area contributed by atoms with Crippen molar-refractivity contribution in [3.05, 3.63) is 188 Å². The molecule has 0 N–H and O–H groups in total. The zero-order chi connectivity index (χ0) is 36.7. The second kappa shape index (κ2) is 12.2. The standard InChI is InChI=1S/C52H31N3S/c1-3-16-33(17-4-1)48-45(31-53-52(54-48)34-18-5-2-6-19-34)55-44-26-14-13-23-39(44)43-30-42(36-28-27-32-15-7-8-20-35(32)29-36)51-47(49(43)55)46-40-24-11-9-21-37(40)38-22-10-12-25-41(38)50(46)56-51/h1-31H. The number of nitrogens with zero attached hydrogens (tertiary/aromatic N) is 3. The maximum Gasteiger partial charge on any atom is 0.159 e. The topological polar surface area (TPSA) is 30.7 Å². The van der Waals surface area contributed by atoms with Gasteiger partial charge in [0.25, 0.3) is 0 Å². The lowest BCUT2D eigenvalue weighted by atomic mass is 9.93. The first-order valence-electron chi connectivity index (χ1n) is 19.0. The van der Waals surface area contributed by atoms with Gasteiger partial charge in [-0.1, -0.05) is 164 Å². The Morgan fingerprint density at radius 3 is 1.84 bits per heavy atom. The lowest BCUT2D eigenvalue weighted by Gasteiger charge is -2.16. The smallest absolute Gasteiger partial charge is 0.159 e. The van der Waals surface area contributed by atoms with Crippen molar-refractivity contribution in [3.63, 3.8) is 0 Å². The van der Waals surface area contributed by atoms with Crippen LogP contribution >= 0.6 is 11.3 Å². The van der Waals surface area contributed by atoms with Crippen LogP contribution < -0.4 is 0 Å². The Labute approximate surface area is 326 Å². The largest absolute Gasteiger partial charge is 0.305 e. The summed E-state index contributed by atoms with van der Waals surface area (Å²) >= 11 is 1.92. The number of fused-ring (bicyclic) bond motifs is 13. The number of aromatic nitrogens is 3. The molecular formula is C52H31N3S. The fourth-order valence-corrected chi connectivity index (χ4v) is 10.3. The molecule has 0 spiro atoms. The van der Waals surface area contributed by atoms with Gasteiger partial charge in [-0.05, 0) is 50.7 Å². The van der Waals surface area contributed by atoms with Crippen molar-refractivity contribution in [3.8, 4) is 39.5 Å². The second-order valence-corrected chi connectivity index (χ2v) is 15.5. The second-order valence-electron chi connectivity index (χ2n) is 14.5. The van der Waals surface area contributed by atoms with Crippen LogP contribution in [0.4, 0.5) is 0 Å². The van der Waals surface area contributed by atoms with Crippen molar-refractivity contribution >= 4 is 85.6 Å². The highest BCUT2D eigenvalue weighted by atomic mass is 32.1. The van der Waals surface area contributed by atoms with E-state index in [1.165, 1.54) is 79.9 Å². The molecule has 0 bridgehead atoms. The molecule has 0 aliphatic rings. The van der Waals surface area contributed by atoms with Crippen LogP contribution in [0.1, 0.15) is 0 Å². The van der Waals surface area contributed by atoms with Crippen molar-refractivity contribution in [1.29, 1.82) is 0 Å². The number of rotatable bonds is 4. The number of para-hydroxylation sites is 1. The normalized spacial score (nSPS) is 11.9. The number of benzene rings is 9. The minimum absolute atomic E-state index is 0.705. The molecular weight excluding hydrogens is 699 g/mol. The molecule has 56 heavy (non-hydrogen) atoms. The van der Waals surface area contributed by atoms with Gasteiger partial charge < -0.3 is 4.57 Å². The zero-order valence-corrected chi connectivity index (χ0v) is 31.0. The monoisotopic (exact) mass is 729 g/mol. The van der Waals surface area contributed by atoms with E-state index in [9.17, 15) is 0 Å². The Morgan fingerprint density at radius 1 is 0.429 bits per heavy atom. The highest BCUT2D eigenvalue weighted by Gasteiger charge is 2.26. The van der Waals surface area contributed by atoms with Gasteiger partial charge in [0.2, 0.25) is 0 Å². The first-order valence-corrected chi connectivity index (χ1v) is 19.8. The molecule has 0 saturated carbocycles. The number of hydrogen-bond donors (Lipinski definition) is 0. The van der Waals surface area contributed by atoms with Gasteiger partial charge in [-0.2, -0.15) is 0 Å². The van der Waals surface area contributed by atoms with Crippen LogP contribution in [0.3, 0.4) is 0 Å². The zero-order valence-electron chi connectivity index (χ0n) is 30.1. The highest BCUT2D eigenvalue weighted by Crippen LogP contribution is 2.52. The Kier molecular flexibility index (Phi) is 6.80. The summed E-state index contributed by atoms with van der Waals surface area (Å²) in [5, 5.41) is 12.5. The van der Waals surface area contributed by atoms with E-state index in [1.54, 1.807) is 0 Å². The van der Waals surface area contributed by atoms with Gasteiger partial charge in [-0.25, -0.2) is 9.97 Å². The van der Waals surface area contributed by atoms with Crippen LogP contribution in [0.5, 0.6) is 0 Å². The Bertz CT molecular complexity index is 3530. The number of hydrogen-bond acceptors (Lipinski definition) is 3. The fourth-order valence-electron chi connectivity index (χ4n) is 8.91. The Balaban J connectivity index is 1.31. The average Bonchev–Trinajstić information content (AvgIpc) is 3.83. The van der Waals surface area contributed by atoms with Crippen molar-refractivity contribution < 1.29 is 0 Å². The molecule has 0 radical (unpaired) electrons. The molecule has 3 heterocycles.